The van der Waals surface area contributed by atoms with Gasteiger partial charge in [-0.1, -0.05) is 44.3 Å². The molecule has 7 heteroatoms. The van der Waals surface area contributed by atoms with Gasteiger partial charge in [0.05, 0.1) is 11.0 Å². The molecule has 5 nitrogen and oxygen atoms in total. The minimum Gasteiger partial charge on any atom is -0.389 e. The van der Waals surface area contributed by atoms with E-state index in [1.54, 1.807) is 25.3 Å². The van der Waals surface area contributed by atoms with Gasteiger partial charge in [-0.05, 0) is 12.5 Å². The summed E-state index contributed by atoms with van der Waals surface area (Å²) in [6.07, 6.45) is 0.703. The highest BCUT2D eigenvalue weighted by Crippen LogP contribution is 2.43. The van der Waals surface area contributed by atoms with Crippen LogP contribution in [0.2, 0.25) is 0 Å². The standard InChI is InChI=1S/C14H20N2O3S2/c1-14(2)11(8-12(14)19-3)16-21(17,18)10-7-5-4-6-9(10)13(15)20/h4-7,11-12,16H,8H2,1-3H3,(H2,15,20). The zero-order valence-electron chi connectivity index (χ0n) is 12.3. The summed E-state index contributed by atoms with van der Waals surface area (Å²) >= 11 is 4.92. The number of rotatable bonds is 5. The number of hydrogen-bond donors (Lipinski definition) is 2. The highest BCUT2D eigenvalue weighted by Gasteiger charge is 2.50. The Morgan fingerprint density at radius 2 is 2.05 bits per heavy atom. The highest BCUT2D eigenvalue weighted by molar-refractivity contribution is 7.89. The predicted molar refractivity (Wildman–Crippen MR) is 85.6 cm³/mol. The van der Waals surface area contributed by atoms with Crippen molar-refractivity contribution in [3.8, 4) is 0 Å². The van der Waals surface area contributed by atoms with Crippen molar-refractivity contribution in [3.05, 3.63) is 29.8 Å². The molecule has 1 aliphatic carbocycles. The second-order valence-corrected chi connectivity index (χ2v) is 7.94. The Bertz CT molecular complexity index is 656. The molecule has 1 aromatic rings. The average Bonchev–Trinajstić information content (AvgIpc) is 2.43. The van der Waals surface area contributed by atoms with E-state index in [4.69, 9.17) is 22.7 Å². The molecule has 0 spiro atoms. The third-order valence-electron chi connectivity index (χ3n) is 4.20. The van der Waals surface area contributed by atoms with Crippen molar-refractivity contribution in [1.29, 1.82) is 0 Å². The molecule has 2 unspecified atom stereocenters. The molecule has 0 aromatic heterocycles. The predicted octanol–water partition coefficient (Wildman–Crippen LogP) is 1.41. The molecule has 0 bridgehead atoms. The SMILES string of the molecule is COC1CC(NS(=O)(=O)c2ccccc2C(N)=S)C1(C)C. The Morgan fingerprint density at radius 3 is 2.57 bits per heavy atom. The zero-order chi connectivity index (χ0) is 15.8. The van der Waals surface area contributed by atoms with Gasteiger partial charge < -0.3 is 10.5 Å². The van der Waals surface area contributed by atoms with Crippen molar-refractivity contribution < 1.29 is 13.2 Å². The van der Waals surface area contributed by atoms with Crippen LogP contribution < -0.4 is 10.5 Å². The Hall–Kier alpha value is -1.02. The summed E-state index contributed by atoms with van der Waals surface area (Å²) in [5.41, 5.74) is 5.72. The molecule has 1 aliphatic rings. The first-order chi connectivity index (χ1) is 9.70. The van der Waals surface area contributed by atoms with E-state index in [2.05, 4.69) is 4.72 Å². The van der Waals surface area contributed by atoms with Crippen molar-refractivity contribution in [1.82, 2.24) is 4.72 Å². The topological polar surface area (TPSA) is 81.4 Å². The van der Waals surface area contributed by atoms with Crippen molar-refractivity contribution >= 4 is 27.2 Å². The van der Waals surface area contributed by atoms with Gasteiger partial charge in [-0.3, -0.25) is 0 Å². The molecule has 2 atom stereocenters. The maximum atomic E-state index is 12.6. The number of sulfonamides is 1. The van der Waals surface area contributed by atoms with Crippen molar-refractivity contribution in [2.75, 3.05) is 7.11 Å². The van der Waals surface area contributed by atoms with Gasteiger partial charge in [-0.15, -0.1) is 0 Å². The maximum absolute atomic E-state index is 12.6. The molecule has 0 saturated heterocycles. The van der Waals surface area contributed by atoms with Crippen molar-refractivity contribution in [2.24, 2.45) is 11.1 Å². The summed E-state index contributed by atoms with van der Waals surface area (Å²) in [7, 11) is -2.03. The molecule has 116 valence electrons. The Balaban J connectivity index is 2.27. The summed E-state index contributed by atoms with van der Waals surface area (Å²) < 4.78 is 33.2. The quantitative estimate of drug-likeness (QED) is 0.799. The van der Waals surface area contributed by atoms with E-state index in [1.807, 2.05) is 13.8 Å². The van der Waals surface area contributed by atoms with Crippen LogP contribution in [0, 0.1) is 5.41 Å². The normalized spacial score (nSPS) is 24.3. The van der Waals surface area contributed by atoms with Gasteiger partial charge in [0.25, 0.3) is 0 Å². The first kappa shape index (κ1) is 16.4. The fourth-order valence-corrected chi connectivity index (χ4v) is 4.51. The van der Waals surface area contributed by atoms with E-state index in [0.717, 1.165) is 0 Å². The largest absolute Gasteiger partial charge is 0.389 e. The molecule has 2 rings (SSSR count). The Labute approximate surface area is 130 Å². The van der Waals surface area contributed by atoms with Crippen LogP contribution >= 0.6 is 12.2 Å². The lowest BCUT2D eigenvalue weighted by molar-refractivity contribution is -0.0908. The molecule has 0 amide bonds. The van der Waals surface area contributed by atoms with E-state index in [0.29, 0.717) is 12.0 Å². The molecule has 1 aromatic carbocycles. The van der Waals surface area contributed by atoms with Crippen LogP contribution in [0.1, 0.15) is 25.8 Å². The van der Waals surface area contributed by atoms with E-state index >= 15 is 0 Å². The summed E-state index contributed by atoms with van der Waals surface area (Å²) in [5.74, 6) is 0. The van der Waals surface area contributed by atoms with Gasteiger partial charge in [-0.2, -0.15) is 0 Å². The number of benzene rings is 1. The second kappa shape index (κ2) is 5.64. The molecule has 1 saturated carbocycles. The third-order valence-corrected chi connectivity index (χ3v) is 5.95. The van der Waals surface area contributed by atoms with E-state index < -0.39 is 10.0 Å². The summed E-state index contributed by atoms with van der Waals surface area (Å²) in [4.78, 5) is 0.188. The lowest BCUT2D eigenvalue weighted by Gasteiger charge is -2.51. The third kappa shape index (κ3) is 2.96. The second-order valence-electron chi connectivity index (χ2n) is 5.82. The Morgan fingerprint density at radius 1 is 1.43 bits per heavy atom. The van der Waals surface area contributed by atoms with Crippen LogP contribution in [-0.4, -0.2) is 32.7 Å². The smallest absolute Gasteiger partial charge is 0.241 e. The summed E-state index contributed by atoms with van der Waals surface area (Å²) in [6, 6.07) is 6.31. The van der Waals surface area contributed by atoms with Crippen LogP contribution in [0.5, 0.6) is 0 Å². The monoisotopic (exact) mass is 328 g/mol. The number of nitrogens with one attached hydrogen (secondary N) is 1. The maximum Gasteiger partial charge on any atom is 0.241 e. The van der Waals surface area contributed by atoms with Gasteiger partial charge in [0, 0.05) is 24.1 Å². The first-order valence-electron chi connectivity index (χ1n) is 6.64. The minimum atomic E-state index is -3.67. The van der Waals surface area contributed by atoms with Gasteiger partial charge >= 0.3 is 0 Å². The Kier molecular flexibility index (Phi) is 4.39. The zero-order valence-corrected chi connectivity index (χ0v) is 13.9. The van der Waals surface area contributed by atoms with Crippen LogP contribution in [0.25, 0.3) is 0 Å². The van der Waals surface area contributed by atoms with Crippen LogP contribution in [0.15, 0.2) is 29.2 Å². The van der Waals surface area contributed by atoms with Gasteiger partial charge in [0.15, 0.2) is 0 Å². The summed E-state index contributed by atoms with van der Waals surface area (Å²) in [5, 5.41) is 0. The molecular formula is C14H20N2O3S2. The fraction of sp³-hybridized carbons (Fsp3) is 0.500. The van der Waals surface area contributed by atoms with Gasteiger partial charge in [0.2, 0.25) is 10.0 Å². The molecule has 0 radical (unpaired) electrons. The van der Waals surface area contributed by atoms with Crippen LogP contribution in [-0.2, 0) is 14.8 Å². The van der Waals surface area contributed by atoms with Crippen molar-refractivity contribution in [3.63, 3.8) is 0 Å². The van der Waals surface area contributed by atoms with E-state index in [1.165, 1.54) is 6.07 Å². The van der Waals surface area contributed by atoms with Crippen LogP contribution in [0.4, 0.5) is 0 Å². The molecular weight excluding hydrogens is 308 g/mol. The highest BCUT2D eigenvalue weighted by atomic mass is 32.2. The number of nitrogens with two attached hydrogens (primary N) is 1. The molecule has 3 N–H and O–H groups in total. The molecule has 1 fully saturated rings. The average molecular weight is 328 g/mol. The molecule has 21 heavy (non-hydrogen) atoms. The molecule has 0 aliphatic heterocycles. The fourth-order valence-electron chi connectivity index (χ4n) is 2.64. The van der Waals surface area contributed by atoms with Gasteiger partial charge in [-0.25, -0.2) is 13.1 Å². The van der Waals surface area contributed by atoms with E-state index in [9.17, 15) is 8.42 Å². The summed E-state index contributed by atoms with van der Waals surface area (Å²) in [6.45, 7) is 3.97. The first-order valence-corrected chi connectivity index (χ1v) is 8.53. The van der Waals surface area contributed by atoms with E-state index in [-0.39, 0.29) is 27.4 Å². The van der Waals surface area contributed by atoms with Crippen LogP contribution in [0.3, 0.4) is 0 Å². The lowest BCUT2D eigenvalue weighted by atomic mass is 9.65. The number of methoxy groups -OCH3 is 1. The lowest BCUT2D eigenvalue weighted by Crippen LogP contribution is -2.61. The van der Waals surface area contributed by atoms with Gasteiger partial charge in [0.1, 0.15) is 4.99 Å². The van der Waals surface area contributed by atoms with Crippen molar-refractivity contribution in [2.45, 2.75) is 37.3 Å². The molecule has 0 heterocycles. The number of thiocarbonyl (C=S) groups is 1. The minimum absolute atomic E-state index is 0.0519. The number of hydrogen-bond acceptors (Lipinski definition) is 4. The number of ether oxygens (including phenoxy) is 1.